The highest BCUT2D eigenvalue weighted by Gasteiger charge is 2.23. The standard InChI is InChI=1S/C20H22N4O3S/c1-27-9-8-24-16-5-3-2-4-13(16)10-17(24)20-23-15(12-28-20)19(26)21-11-18(25)22-14-6-7-14/h2-5,10,12,14H,6-9,11H2,1H3,(H,21,26)(H,22,25). The third-order valence-electron chi connectivity index (χ3n) is 4.64. The van der Waals surface area contributed by atoms with Crippen molar-refractivity contribution in [1.82, 2.24) is 20.2 Å². The van der Waals surface area contributed by atoms with Crippen LogP contribution >= 0.6 is 11.3 Å². The Kier molecular flexibility index (Phi) is 5.40. The molecule has 0 saturated heterocycles. The quantitative estimate of drug-likeness (QED) is 0.610. The fourth-order valence-electron chi connectivity index (χ4n) is 3.06. The van der Waals surface area contributed by atoms with Gasteiger partial charge in [-0.2, -0.15) is 0 Å². The lowest BCUT2D eigenvalue weighted by Gasteiger charge is -2.08. The van der Waals surface area contributed by atoms with Gasteiger partial charge in [-0.1, -0.05) is 18.2 Å². The molecule has 2 N–H and O–H groups in total. The minimum atomic E-state index is -0.340. The summed E-state index contributed by atoms with van der Waals surface area (Å²) < 4.78 is 7.40. The molecule has 2 aromatic heterocycles. The summed E-state index contributed by atoms with van der Waals surface area (Å²) in [6.07, 6.45) is 2.04. The lowest BCUT2D eigenvalue weighted by atomic mass is 10.2. The third-order valence-corrected chi connectivity index (χ3v) is 5.50. The summed E-state index contributed by atoms with van der Waals surface area (Å²) in [5, 5.41) is 9.09. The molecule has 0 atom stereocenters. The van der Waals surface area contributed by atoms with E-state index in [1.165, 1.54) is 11.3 Å². The summed E-state index contributed by atoms with van der Waals surface area (Å²) in [7, 11) is 1.68. The Labute approximate surface area is 166 Å². The Morgan fingerprint density at radius 1 is 1.32 bits per heavy atom. The van der Waals surface area contributed by atoms with E-state index in [1.807, 2.05) is 12.1 Å². The number of rotatable bonds is 8. The number of carbonyl (C=O) groups excluding carboxylic acids is 2. The molecule has 4 rings (SSSR count). The molecule has 1 fully saturated rings. The molecule has 2 heterocycles. The van der Waals surface area contributed by atoms with Crippen molar-refractivity contribution >= 4 is 34.1 Å². The molecule has 0 unspecified atom stereocenters. The number of hydrogen-bond acceptors (Lipinski definition) is 5. The molecule has 0 aliphatic heterocycles. The minimum Gasteiger partial charge on any atom is -0.383 e. The first kappa shape index (κ1) is 18.6. The van der Waals surface area contributed by atoms with Crippen molar-refractivity contribution in [3.63, 3.8) is 0 Å². The van der Waals surface area contributed by atoms with Gasteiger partial charge in [0.2, 0.25) is 5.91 Å². The second-order valence-electron chi connectivity index (χ2n) is 6.80. The highest BCUT2D eigenvalue weighted by molar-refractivity contribution is 7.13. The molecule has 8 heteroatoms. The average Bonchev–Trinajstić information content (AvgIpc) is 3.25. The fraction of sp³-hybridized carbons (Fsp3) is 0.350. The van der Waals surface area contributed by atoms with E-state index in [-0.39, 0.29) is 24.4 Å². The van der Waals surface area contributed by atoms with E-state index in [2.05, 4.69) is 38.4 Å². The second-order valence-corrected chi connectivity index (χ2v) is 7.65. The summed E-state index contributed by atoms with van der Waals surface area (Å²) in [6.45, 7) is 1.25. The summed E-state index contributed by atoms with van der Waals surface area (Å²) in [4.78, 5) is 28.6. The van der Waals surface area contributed by atoms with E-state index in [0.29, 0.717) is 18.8 Å². The van der Waals surface area contributed by atoms with Gasteiger partial charge in [0.15, 0.2) is 0 Å². The van der Waals surface area contributed by atoms with Crippen LogP contribution in [0.4, 0.5) is 0 Å². The van der Waals surface area contributed by atoms with E-state index < -0.39 is 0 Å². The number of hydrogen-bond donors (Lipinski definition) is 2. The third kappa shape index (κ3) is 4.07. The van der Waals surface area contributed by atoms with Crippen molar-refractivity contribution < 1.29 is 14.3 Å². The molecule has 1 saturated carbocycles. The van der Waals surface area contributed by atoms with E-state index in [4.69, 9.17) is 4.74 Å². The SMILES string of the molecule is COCCn1c(-c2nc(C(=O)NCC(=O)NC3CC3)cs2)cc2ccccc21. The molecule has 7 nitrogen and oxygen atoms in total. The van der Waals surface area contributed by atoms with Gasteiger partial charge in [-0.25, -0.2) is 4.98 Å². The molecule has 0 spiro atoms. The molecule has 0 bridgehead atoms. The van der Waals surface area contributed by atoms with Crippen molar-refractivity contribution in [2.24, 2.45) is 0 Å². The summed E-state index contributed by atoms with van der Waals surface area (Å²) >= 11 is 1.41. The Morgan fingerprint density at radius 2 is 2.14 bits per heavy atom. The maximum absolute atomic E-state index is 12.4. The molecule has 28 heavy (non-hydrogen) atoms. The normalized spacial score (nSPS) is 13.6. The Morgan fingerprint density at radius 3 is 2.93 bits per heavy atom. The first-order valence-electron chi connectivity index (χ1n) is 9.26. The molecular weight excluding hydrogens is 376 g/mol. The van der Waals surface area contributed by atoms with Gasteiger partial charge in [-0.15, -0.1) is 11.3 Å². The van der Waals surface area contributed by atoms with Gasteiger partial charge >= 0.3 is 0 Å². The Balaban J connectivity index is 1.51. The number of para-hydroxylation sites is 1. The van der Waals surface area contributed by atoms with Crippen LogP contribution in [0.25, 0.3) is 21.6 Å². The van der Waals surface area contributed by atoms with Crippen molar-refractivity contribution in [3.8, 4) is 10.7 Å². The maximum Gasteiger partial charge on any atom is 0.271 e. The summed E-state index contributed by atoms with van der Waals surface area (Å²) in [6, 6.07) is 10.5. The van der Waals surface area contributed by atoms with E-state index in [1.54, 1.807) is 12.5 Å². The second kappa shape index (κ2) is 8.12. The van der Waals surface area contributed by atoms with Crippen molar-refractivity contribution in [2.45, 2.75) is 25.4 Å². The number of amides is 2. The number of benzene rings is 1. The number of carbonyl (C=O) groups is 2. The van der Waals surface area contributed by atoms with Crippen LogP contribution in [0.15, 0.2) is 35.7 Å². The first-order chi connectivity index (χ1) is 13.7. The molecule has 2 amide bonds. The van der Waals surface area contributed by atoms with Gasteiger partial charge in [0, 0.05) is 36.0 Å². The van der Waals surface area contributed by atoms with Crippen LogP contribution in [0.3, 0.4) is 0 Å². The number of methoxy groups -OCH3 is 1. The van der Waals surface area contributed by atoms with Crippen molar-refractivity contribution in [3.05, 3.63) is 41.4 Å². The maximum atomic E-state index is 12.4. The van der Waals surface area contributed by atoms with E-state index >= 15 is 0 Å². The van der Waals surface area contributed by atoms with Crippen LogP contribution in [0.1, 0.15) is 23.3 Å². The van der Waals surface area contributed by atoms with Gasteiger partial charge in [-0.3, -0.25) is 9.59 Å². The zero-order valence-corrected chi connectivity index (χ0v) is 16.4. The van der Waals surface area contributed by atoms with E-state index in [9.17, 15) is 9.59 Å². The summed E-state index contributed by atoms with van der Waals surface area (Å²) in [5.41, 5.74) is 2.38. The van der Waals surface area contributed by atoms with Crippen molar-refractivity contribution in [2.75, 3.05) is 20.3 Å². The van der Waals surface area contributed by atoms with Crippen LogP contribution in [0, 0.1) is 0 Å². The fourth-order valence-corrected chi connectivity index (χ4v) is 3.89. The number of nitrogens with one attached hydrogen (secondary N) is 2. The Hall–Kier alpha value is -2.71. The molecular formula is C20H22N4O3S. The Bertz CT molecular complexity index is 1010. The molecule has 146 valence electrons. The van der Waals surface area contributed by atoms with Gasteiger partial charge < -0.3 is 19.9 Å². The smallest absolute Gasteiger partial charge is 0.271 e. The lowest BCUT2D eigenvalue weighted by Crippen LogP contribution is -2.37. The highest BCUT2D eigenvalue weighted by Crippen LogP contribution is 2.30. The van der Waals surface area contributed by atoms with Gasteiger partial charge in [0.05, 0.1) is 18.8 Å². The molecule has 1 aromatic carbocycles. The molecule has 0 radical (unpaired) electrons. The number of aromatic nitrogens is 2. The highest BCUT2D eigenvalue weighted by atomic mass is 32.1. The number of fused-ring (bicyclic) bond motifs is 1. The van der Waals surface area contributed by atoms with Crippen LogP contribution in [0.2, 0.25) is 0 Å². The van der Waals surface area contributed by atoms with Crippen LogP contribution in [0.5, 0.6) is 0 Å². The monoisotopic (exact) mass is 398 g/mol. The van der Waals surface area contributed by atoms with Crippen LogP contribution < -0.4 is 10.6 Å². The van der Waals surface area contributed by atoms with Gasteiger partial charge in [0.25, 0.3) is 5.91 Å². The average molecular weight is 398 g/mol. The number of nitrogens with zero attached hydrogens (tertiary/aromatic N) is 2. The predicted molar refractivity (Wildman–Crippen MR) is 108 cm³/mol. The number of ether oxygens (including phenoxy) is 1. The lowest BCUT2D eigenvalue weighted by molar-refractivity contribution is -0.120. The summed E-state index contributed by atoms with van der Waals surface area (Å²) in [5.74, 6) is -0.501. The van der Waals surface area contributed by atoms with Crippen molar-refractivity contribution in [1.29, 1.82) is 0 Å². The zero-order chi connectivity index (χ0) is 19.5. The first-order valence-corrected chi connectivity index (χ1v) is 10.1. The molecule has 1 aliphatic carbocycles. The molecule has 1 aliphatic rings. The largest absolute Gasteiger partial charge is 0.383 e. The van der Waals surface area contributed by atoms with Crippen LogP contribution in [-0.2, 0) is 16.1 Å². The van der Waals surface area contributed by atoms with Gasteiger partial charge in [-0.05, 0) is 25.0 Å². The predicted octanol–water partition coefficient (Wildman–Crippen LogP) is 2.42. The van der Waals surface area contributed by atoms with Crippen LogP contribution in [-0.4, -0.2) is 47.7 Å². The van der Waals surface area contributed by atoms with Gasteiger partial charge in [0.1, 0.15) is 10.7 Å². The topological polar surface area (TPSA) is 85.2 Å². The number of thiazole rings is 1. The van der Waals surface area contributed by atoms with E-state index in [0.717, 1.165) is 34.4 Å². The zero-order valence-electron chi connectivity index (χ0n) is 15.6. The molecule has 3 aromatic rings. The minimum absolute atomic E-state index is 0.0315.